The Balaban J connectivity index is 2.42. The van der Waals surface area contributed by atoms with E-state index in [0.717, 1.165) is 25.3 Å². The highest BCUT2D eigenvalue weighted by Gasteiger charge is 2.03. The van der Waals surface area contributed by atoms with E-state index in [4.69, 9.17) is 0 Å². The molecule has 0 saturated heterocycles. The lowest BCUT2D eigenvalue weighted by atomic mass is 10.3. The molecule has 0 aliphatic rings. The summed E-state index contributed by atoms with van der Waals surface area (Å²) in [4.78, 5) is 7.01. The van der Waals surface area contributed by atoms with Crippen molar-refractivity contribution in [1.82, 2.24) is 10.6 Å². The monoisotopic (exact) mass is 253 g/mol. The van der Waals surface area contributed by atoms with Gasteiger partial charge in [0.15, 0.2) is 5.96 Å². The van der Waals surface area contributed by atoms with E-state index in [0.29, 0.717) is 6.04 Å². The molecule has 1 aromatic rings. The summed E-state index contributed by atoms with van der Waals surface area (Å²) in [5, 5.41) is 6.69. The third-order valence-electron chi connectivity index (χ3n) is 2.71. The van der Waals surface area contributed by atoms with Gasteiger partial charge in [0, 0.05) is 22.8 Å². The zero-order chi connectivity index (χ0) is 12.7. The van der Waals surface area contributed by atoms with E-state index in [2.05, 4.69) is 48.5 Å². The Bertz CT molecular complexity index is 357. The second-order valence-electron chi connectivity index (χ2n) is 4.10. The maximum atomic E-state index is 4.22. The molecular weight excluding hydrogens is 230 g/mol. The molecule has 4 heteroatoms. The fraction of sp³-hybridized carbons (Fsp3) is 0.615. The minimum absolute atomic E-state index is 0.454. The summed E-state index contributed by atoms with van der Waals surface area (Å²) in [6.07, 6.45) is 2.21. The number of hydrogen-bond donors (Lipinski definition) is 2. The molecule has 96 valence electrons. The van der Waals surface area contributed by atoms with Gasteiger partial charge in [0.05, 0.1) is 6.54 Å². The van der Waals surface area contributed by atoms with Gasteiger partial charge in [-0.3, -0.25) is 4.99 Å². The molecule has 0 radical (unpaired) electrons. The van der Waals surface area contributed by atoms with Crippen molar-refractivity contribution in [3.05, 3.63) is 21.9 Å². The van der Waals surface area contributed by atoms with Crippen LogP contribution in [0.15, 0.2) is 17.1 Å². The Morgan fingerprint density at radius 3 is 2.59 bits per heavy atom. The molecule has 2 N–H and O–H groups in total. The number of nitrogens with one attached hydrogen (secondary N) is 2. The summed E-state index contributed by atoms with van der Waals surface area (Å²) >= 11 is 1.86. The van der Waals surface area contributed by atoms with Crippen LogP contribution in [0.5, 0.6) is 0 Å². The lowest BCUT2D eigenvalue weighted by Gasteiger charge is -2.15. The first-order chi connectivity index (χ1) is 8.19. The molecule has 0 aliphatic heterocycles. The summed E-state index contributed by atoms with van der Waals surface area (Å²) in [6, 6.07) is 4.84. The van der Waals surface area contributed by atoms with Crippen molar-refractivity contribution in [2.24, 2.45) is 4.99 Å². The van der Waals surface area contributed by atoms with Crippen LogP contribution in [0.4, 0.5) is 0 Å². The first-order valence-corrected chi connectivity index (χ1v) is 7.06. The average Bonchev–Trinajstić information content (AvgIpc) is 2.82. The van der Waals surface area contributed by atoms with Gasteiger partial charge in [-0.1, -0.05) is 13.8 Å². The van der Waals surface area contributed by atoms with Gasteiger partial charge in [-0.05, 0) is 31.9 Å². The molecule has 0 amide bonds. The van der Waals surface area contributed by atoms with Crippen molar-refractivity contribution in [3.63, 3.8) is 0 Å². The third-order valence-corrected chi connectivity index (χ3v) is 3.94. The Kier molecular flexibility index (Phi) is 6.05. The standard InChI is InChI=1S/C13H23N3S/c1-5-10(3)16-13(14-4)15-9-12-8-7-11(6-2)17-12/h7-8,10H,5-6,9H2,1-4H3,(H2,14,15,16). The van der Waals surface area contributed by atoms with Crippen LogP contribution in [0, 0.1) is 0 Å². The van der Waals surface area contributed by atoms with Gasteiger partial charge in [0.1, 0.15) is 0 Å². The van der Waals surface area contributed by atoms with Crippen LogP contribution in [0.2, 0.25) is 0 Å². The van der Waals surface area contributed by atoms with Crippen LogP contribution in [-0.4, -0.2) is 19.0 Å². The van der Waals surface area contributed by atoms with Gasteiger partial charge in [-0.25, -0.2) is 0 Å². The third kappa shape index (κ3) is 4.77. The molecule has 1 aromatic heterocycles. The first kappa shape index (κ1) is 14.0. The molecule has 0 aliphatic carbocycles. The summed E-state index contributed by atoms with van der Waals surface area (Å²) in [5.74, 6) is 0.880. The number of aryl methyl sites for hydroxylation is 1. The number of nitrogens with zero attached hydrogens (tertiary/aromatic N) is 1. The van der Waals surface area contributed by atoms with Gasteiger partial charge in [0.2, 0.25) is 0 Å². The first-order valence-electron chi connectivity index (χ1n) is 6.24. The molecule has 1 rings (SSSR count). The zero-order valence-corrected chi connectivity index (χ0v) is 12.0. The van der Waals surface area contributed by atoms with Gasteiger partial charge in [-0.15, -0.1) is 11.3 Å². The molecule has 3 nitrogen and oxygen atoms in total. The number of hydrogen-bond acceptors (Lipinski definition) is 2. The van der Waals surface area contributed by atoms with Crippen LogP contribution in [-0.2, 0) is 13.0 Å². The highest BCUT2D eigenvalue weighted by Crippen LogP contribution is 2.16. The van der Waals surface area contributed by atoms with Gasteiger partial charge in [-0.2, -0.15) is 0 Å². The lowest BCUT2D eigenvalue weighted by Crippen LogP contribution is -2.41. The minimum Gasteiger partial charge on any atom is -0.354 e. The minimum atomic E-state index is 0.454. The molecule has 17 heavy (non-hydrogen) atoms. The van der Waals surface area contributed by atoms with Crippen molar-refractivity contribution in [1.29, 1.82) is 0 Å². The van der Waals surface area contributed by atoms with Crippen LogP contribution in [0.25, 0.3) is 0 Å². The highest BCUT2D eigenvalue weighted by atomic mass is 32.1. The molecule has 0 aromatic carbocycles. The Morgan fingerprint density at radius 2 is 2.06 bits per heavy atom. The predicted octanol–water partition coefficient (Wildman–Crippen LogP) is 2.77. The quantitative estimate of drug-likeness (QED) is 0.625. The SMILES string of the molecule is CCc1ccc(CNC(=NC)NC(C)CC)s1. The smallest absolute Gasteiger partial charge is 0.191 e. The molecule has 1 heterocycles. The Labute approximate surface area is 108 Å². The maximum Gasteiger partial charge on any atom is 0.191 e. The van der Waals surface area contributed by atoms with E-state index < -0.39 is 0 Å². The maximum absolute atomic E-state index is 4.22. The lowest BCUT2D eigenvalue weighted by molar-refractivity contribution is 0.624. The van der Waals surface area contributed by atoms with Gasteiger partial charge in [0.25, 0.3) is 0 Å². The molecular formula is C13H23N3S. The van der Waals surface area contributed by atoms with Gasteiger partial charge >= 0.3 is 0 Å². The Morgan fingerprint density at radius 1 is 1.35 bits per heavy atom. The fourth-order valence-corrected chi connectivity index (χ4v) is 2.31. The molecule has 0 fully saturated rings. The van der Waals surface area contributed by atoms with Crippen molar-refractivity contribution < 1.29 is 0 Å². The van der Waals surface area contributed by atoms with Crippen molar-refractivity contribution >= 4 is 17.3 Å². The summed E-state index contributed by atoms with van der Waals surface area (Å²) in [7, 11) is 1.81. The van der Waals surface area contributed by atoms with E-state index >= 15 is 0 Å². The van der Waals surface area contributed by atoms with Crippen LogP contribution < -0.4 is 10.6 Å². The highest BCUT2D eigenvalue weighted by molar-refractivity contribution is 7.11. The van der Waals surface area contributed by atoms with E-state index in [1.54, 1.807) is 0 Å². The molecule has 0 bridgehead atoms. The number of aliphatic imine (C=N–C) groups is 1. The van der Waals surface area contributed by atoms with E-state index in [9.17, 15) is 0 Å². The number of thiophene rings is 1. The molecule has 1 unspecified atom stereocenters. The van der Waals surface area contributed by atoms with Crippen LogP contribution in [0.1, 0.15) is 36.9 Å². The second kappa shape index (κ2) is 7.33. The van der Waals surface area contributed by atoms with Crippen molar-refractivity contribution in [2.75, 3.05) is 7.05 Å². The summed E-state index contributed by atoms with van der Waals surface area (Å²) in [5.41, 5.74) is 0. The number of rotatable bonds is 5. The number of guanidine groups is 1. The Hall–Kier alpha value is -1.03. The fourth-order valence-electron chi connectivity index (χ4n) is 1.41. The second-order valence-corrected chi connectivity index (χ2v) is 5.35. The molecule has 0 spiro atoms. The van der Waals surface area contributed by atoms with E-state index in [1.807, 2.05) is 18.4 Å². The van der Waals surface area contributed by atoms with E-state index in [-0.39, 0.29) is 0 Å². The zero-order valence-electron chi connectivity index (χ0n) is 11.2. The van der Waals surface area contributed by atoms with Gasteiger partial charge < -0.3 is 10.6 Å². The van der Waals surface area contributed by atoms with E-state index in [1.165, 1.54) is 9.75 Å². The van der Waals surface area contributed by atoms with Crippen LogP contribution >= 0.6 is 11.3 Å². The summed E-state index contributed by atoms with van der Waals surface area (Å²) < 4.78 is 0. The predicted molar refractivity (Wildman–Crippen MR) is 76.8 cm³/mol. The summed E-state index contributed by atoms with van der Waals surface area (Å²) in [6.45, 7) is 7.36. The average molecular weight is 253 g/mol. The van der Waals surface area contributed by atoms with Crippen molar-refractivity contribution in [2.45, 2.75) is 46.2 Å². The van der Waals surface area contributed by atoms with Crippen LogP contribution in [0.3, 0.4) is 0 Å². The molecule has 0 saturated carbocycles. The topological polar surface area (TPSA) is 36.4 Å². The normalized spacial score (nSPS) is 13.5. The largest absolute Gasteiger partial charge is 0.354 e. The molecule has 1 atom stereocenters. The van der Waals surface area contributed by atoms with Crippen molar-refractivity contribution in [3.8, 4) is 0 Å².